The summed E-state index contributed by atoms with van der Waals surface area (Å²) >= 11 is 0. The molecule has 1 amide bonds. The number of unbranched alkanes of at least 4 members (excludes halogenated alkanes) is 4. The predicted molar refractivity (Wildman–Crippen MR) is 135 cm³/mol. The maximum Gasteiger partial charge on any atom is 0.471 e. The Morgan fingerprint density at radius 2 is 1.79 bits per heavy atom. The highest BCUT2D eigenvalue weighted by atomic mass is 31.2. The van der Waals surface area contributed by atoms with Crippen molar-refractivity contribution in [2.75, 3.05) is 34.4 Å². The van der Waals surface area contributed by atoms with Crippen LogP contribution < -0.4 is 5.32 Å². The van der Waals surface area contributed by atoms with E-state index in [1.54, 1.807) is 30.3 Å². The summed E-state index contributed by atoms with van der Waals surface area (Å²) in [6.07, 6.45) is 10.0. The summed E-state index contributed by atoms with van der Waals surface area (Å²) in [5.41, 5.74) is 2.76. The number of rotatable bonds is 16. The number of nitrogens with one attached hydrogen (secondary N) is 1. The second kappa shape index (κ2) is 16.1. The van der Waals surface area contributed by atoms with Crippen molar-refractivity contribution in [1.29, 1.82) is 0 Å². The van der Waals surface area contributed by atoms with Gasteiger partial charge in [0, 0.05) is 39.0 Å². The molecule has 2 N–H and O–H groups in total. The molecule has 188 valence electrons. The van der Waals surface area contributed by atoms with Gasteiger partial charge in [-0.3, -0.25) is 13.8 Å². The van der Waals surface area contributed by atoms with Crippen molar-refractivity contribution in [1.82, 2.24) is 10.2 Å². The fourth-order valence-corrected chi connectivity index (χ4v) is 3.28. The number of allylic oxidation sites excluding steroid dienone is 3. The second-order valence-electron chi connectivity index (χ2n) is 7.69. The Morgan fingerprint density at radius 3 is 2.41 bits per heavy atom. The van der Waals surface area contributed by atoms with E-state index in [2.05, 4.69) is 26.6 Å². The molecule has 0 aliphatic rings. The largest absolute Gasteiger partial charge is 0.471 e. The number of benzene rings is 1. The normalized spacial score (nSPS) is 13.9. The maximum atomic E-state index is 12.3. The molecule has 1 aromatic rings. The average Bonchev–Trinajstić information content (AvgIpc) is 2.82. The van der Waals surface area contributed by atoms with Crippen LogP contribution in [0.3, 0.4) is 0 Å². The molecule has 10 heteroatoms. The van der Waals surface area contributed by atoms with Crippen LogP contribution in [0.5, 0.6) is 0 Å². The Balaban J connectivity index is 2.30. The Bertz CT molecular complexity index is 910. The molecule has 34 heavy (non-hydrogen) atoms. The molecule has 0 aliphatic carbocycles. The number of carbonyl (C=O) groups is 1. The number of carbonyl (C=O) groups excluding carboxylic acids is 1. The fraction of sp³-hybridized carbons (Fsp3) is 0.458. The molecule has 1 rings (SSSR count). The van der Waals surface area contributed by atoms with Gasteiger partial charge in [0.25, 0.3) is 5.91 Å². The summed E-state index contributed by atoms with van der Waals surface area (Å²) in [4.78, 5) is 23.4. The monoisotopic (exact) mass is 492 g/mol. The molecule has 0 fully saturated rings. The fourth-order valence-electron chi connectivity index (χ4n) is 2.81. The molecular formula is C24H37N4O5P. The van der Waals surface area contributed by atoms with Crippen LogP contribution >= 0.6 is 7.82 Å². The summed E-state index contributed by atoms with van der Waals surface area (Å²) in [5.74, 6) is -0.134. The van der Waals surface area contributed by atoms with E-state index < -0.39 is 7.82 Å². The lowest BCUT2D eigenvalue weighted by molar-refractivity contribution is 0.0953. The molecule has 1 unspecified atom stereocenters. The quantitative estimate of drug-likeness (QED) is 0.131. The van der Waals surface area contributed by atoms with Crippen LogP contribution in [0.15, 0.2) is 70.7 Å². The van der Waals surface area contributed by atoms with Crippen LogP contribution in [-0.2, 0) is 13.6 Å². The molecule has 0 saturated heterocycles. The third kappa shape index (κ3) is 12.6. The van der Waals surface area contributed by atoms with Crippen molar-refractivity contribution < 1.29 is 23.3 Å². The van der Waals surface area contributed by atoms with Crippen LogP contribution in [0.4, 0.5) is 5.69 Å². The first-order chi connectivity index (χ1) is 16.2. The van der Waals surface area contributed by atoms with Crippen molar-refractivity contribution in [3.63, 3.8) is 0 Å². The molecule has 1 atom stereocenters. The van der Waals surface area contributed by atoms with Gasteiger partial charge in [0.1, 0.15) is 0 Å². The number of phosphoric ester groups is 1. The van der Waals surface area contributed by atoms with E-state index in [9.17, 15) is 9.36 Å². The Labute approximate surface area is 202 Å². The van der Waals surface area contributed by atoms with Gasteiger partial charge in [-0.25, -0.2) is 4.57 Å². The van der Waals surface area contributed by atoms with Gasteiger partial charge in [0.2, 0.25) is 0 Å². The number of azo groups is 1. The molecule has 0 heterocycles. The highest BCUT2D eigenvalue weighted by molar-refractivity contribution is 7.47. The molecule has 0 bridgehead atoms. The maximum absolute atomic E-state index is 12.3. The number of amides is 1. The van der Waals surface area contributed by atoms with Crippen LogP contribution in [0, 0.1) is 0 Å². The number of phosphoric acid groups is 1. The van der Waals surface area contributed by atoms with E-state index in [1.165, 1.54) is 0 Å². The van der Waals surface area contributed by atoms with Gasteiger partial charge in [-0.05, 0) is 56.2 Å². The Kier molecular flexibility index (Phi) is 14.0. The zero-order valence-electron chi connectivity index (χ0n) is 20.6. The zero-order chi connectivity index (χ0) is 25.4. The SMILES string of the molecule is C=C(/C=C\C(=C/C)N(C)C)N=Nc1ccc(C(=O)NCCCCCCCOP(=O)(O)OC)cc1. The van der Waals surface area contributed by atoms with Gasteiger partial charge in [0.05, 0.1) is 18.0 Å². The average molecular weight is 493 g/mol. The minimum atomic E-state index is -3.87. The molecular weight excluding hydrogens is 455 g/mol. The van der Waals surface area contributed by atoms with Crippen LogP contribution in [0.2, 0.25) is 0 Å². The summed E-state index contributed by atoms with van der Waals surface area (Å²) in [5, 5.41) is 11.2. The van der Waals surface area contributed by atoms with Crippen molar-refractivity contribution in [3.05, 3.63) is 66.0 Å². The number of nitrogens with zero attached hydrogens (tertiary/aromatic N) is 3. The van der Waals surface area contributed by atoms with Gasteiger partial charge in [-0.1, -0.05) is 31.9 Å². The molecule has 0 radical (unpaired) electrons. The van der Waals surface area contributed by atoms with Gasteiger partial charge < -0.3 is 15.1 Å². The van der Waals surface area contributed by atoms with Crippen molar-refractivity contribution in [2.24, 2.45) is 10.2 Å². The minimum absolute atomic E-state index is 0.134. The first kappa shape index (κ1) is 29.5. The van der Waals surface area contributed by atoms with Crippen LogP contribution in [0.25, 0.3) is 0 Å². The molecule has 0 spiro atoms. The lowest BCUT2D eigenvalue weighted by atomic mass is 10.1. The molecule has 0 aromatic heterocycles. The standard InChI is InChI=1S/C24H37N4O5P/c1-6-23(28(3)4)17-12-20(2)26-27-22-15-13-21(14-16-22)24(29)25-18-10-8-7-9-11-19-33-34(30,31)32-5/h6,12-17H,2,7-11,18-19H2,1,3-5H3,(H,25,29)(H,30,31)/b17-12-,23-6+,27-26?. The Hall–Kier alpha value is -2.58. The van der Waals surface area contributed by atoms with E-state index >= 15 is 0 Å². The third-order valence-electron chi connectivity index (χ3n) is 4.77. The highest BCUT2D eigenvalue weighted by Gasteiger charge is 2.17. The highest BCUT2D eigenvalue weighted by Crippen LogP contribution is 2.41. The summed E-state index contributed by atoms with van der Waals surface area (Å²) in [6.45, 7) is 6.61. The molecule has 0 aliphatic heterocycles. The van der Waals surface area contributed by atoms with Crippen molar-refractivity contribution >= 4 is 19.4 Å². The number of hydrogen-bond donors (Lipinski definition) is 2. The minimum Gasteiger partial charge on any atom is -0.378 e. The van der Waals surface area contributed by atoms with E-state index in [0.29, 0.717) is 29.9 Å². The number of likely N-dealkylation sites (N-methyl/N-ethyl adjacent to an activating group) is 1. The smallest absolute Gasteiger partial charge is 0.378 e. The topological polar surface area (TPSA) is 113 Å². The van der Waals surface area contributed by atoms with Crippen LogP contribution in [0.1, 0.15) is 49.4 Å². The van der Waals surface area contributed by atoms with Gasteiger partial charge in [-0.15, -0.1) is 0 Å². The number of hydrogen-bond acceptors (Lipinski definition) is 7. The predicted octanol–water partition coefficient (Wildman–Crippen LogP) is 5.75. The molecule has 0 saturated carbocycles. The van der Waals surface area contributed by atoms with Crippen LogP contribution in [-0.4, -0.2) is 50.1 Å². The lowest BCUT2D eigenvalue weighted by Crippen LogP contribution is -2.24. The Morgan fingerprint density at radius 1 is 1.15 bits per heavy atom. The first-order valence-corrected chi connectivity index (χ1v) is 12.7. The van der Waals surface area contributed by atoms with Crippen molar-refractivity contribution in [3.8, 4) is 0 Å². The summed E-state index contributed by atoms with van der Waals surface area (Å²) < 4.78 is 20.2. The van der Waals surface area contributed by atoms with Gasteiger partial charge >= 0.3 is 7.82 Å². The van der Waals surface area contributed by atoms with E-state index in [0.717, 1.165) is 38.5 Å². The van der Waals surface area contributed by atoms with E-state index in [-0.39, 0.29) is 12.5 Å². The third-order valence-corrected chi connectivity index (χ3v) is 5.74. The summed E-state index contributed by atoms with van der Waals surface area (Å²) in [6, 6.07) is 6.91. The van der Waals surface area contributed by atoms with E-state index in [4.69, 9.17) is 9.42 Å². The zero-order valence-corrected chi connectivity index (χ0v) is 21.5. The molecule has 1 aromatic carbocycles. The lowest BCUT2D eigenvalue weighted by Gasteiger charge is -2.12. The van der Waals surface area contributed by atoms with Gasteiger partial charge in [0.15, 0.2) is 0 Å². The van der Waals surface area contributed by atoms with E-state index in [1.807, 2.05) is 38.1 Å². The van der Waals surface area contributed by atoms with Crippen molar-refractivity contribution in [2.45, 2.75) is 39.0 Å². The molecule has 9 nitrogen and oxygen atoms in total. The first-order valence-electron chi connectivity index (χ1n) is 11.2. The summed E-state index contributed by atoms with van der Waals surface area (Å²) in [7, 11) is 1.19. The second-order valence-corrected chi connectivity index (χ2v) is 9.25. The van der Waals surface area contributed by atoms with Gasteiger partial charge in [-0.2, -0.15) is 10.2 Å².